The zero-order valence-corrected chi connectivity index (χ0v) is 13.7. The number of rotatable bonds is 6. The van der Waals surface area contributed by atoms with E-state index in [2.05, 4.69) is 4.72 Å². The van der Waals surface area contributed by atoms with E-state index in [0.29, 0.717) is 17.2 Å². The minimum absolute atomic E-state index is 0.0178. The molecule has 4 nitrogen and oxygen atoms in total. The van der Waals surface area contributed by atoms with Crippen LogP contribution in [0.15, 0.2) is 34.5 Å². The Morgan fingerprint density at radius 1 is 1.14 bits per heavy atom. The second-order valence-electron chi connectivity index (χ2n) is 4.93. The molecule has 6 heteroatoms. The Bertz CT molecular complexity index is 684. The number of sulfonamides is 1. The van der Waals surface area contributed by atoms with Gasteiger partial charge in [-0.25, -0.2) is 13.1 Å². The minimum Gasteiger partial charge on any atom is -0.392 e. The summed E-state index contributed by atoms with van der Waals surface area (Å²) < 4.78 is 27.3. The van der Waals surface area contributed by atoms with E-state index < -0.39 is 10.0 Å². The zero-order chi connectivity index (χ0) is 15.5. The molecule has 0 amide bonds. The predicted molar refractivity (Wildman–Crippen MR) is 85.1 cm³/mol. The first-order valence-electron chi connectivity index (χ1n) is 6.68. The smallest absolute Gasteiger partial charge is 0.250 e. The van der Waals surface area contributed by atoms with Gasteiger partial charge in [-0.3, -0.25) is 0 Å². The molecule has 1 aromatic carbocycles. The lowest BCUT2D eigenvalue weighted by Gasteiger charge is -2.05. The van der Waals surface area contributed by atoms with Gasteiger partial charge in [0.2, 0.25) is 10.0 Å². The molecule has 0 radical (unpaired) electrons. The number of aryl methyl sites for hydroxylation is 2. The molecule has 114 valence electrons. The first kappa shape index (κ1) is 16.2. The summed E-state index contributed by atoms with van der Waals surface area (Å²) in [5.41, 5.74) is 2.89. The summed E-state index contributed by atoms with van der Waals surface area (Å²) in [5.74, 6) is 0. The lowest BCUT2D eigenvalue weighted by atomic mass is 10.1. The van der Waals surface area contributed by atoms with Crippen LogP contribution in [0.25, 0.3) is 0 Å². The molecule has 1 heterocycles. The third-order valence-corrected chi connectivity index (χ3v) is 6.41. The molecule has 0 aliphatic heterocycles. The molecular formula is C15H19NO3S2. The minimum atomic E-state index is -3.42. The molecular weight excluding hydrogens is 306 g/mol. The molecule has 0 spiro atoms. The monoisotopic (exact) mass is 325 g/mol. The molecule has 0 aliphatic carbocycles. The van der Waals surface area contributed by atoms with Crippen molar-refractivity contribution in [2.75, 3.05) is 6.54 Å². The number of aliphatic hydroxyl groups is 1. The highest BCUT2D eigenvalue weighted by molar-refractivity contribution is 7.91. The van der Waals surface area contributed by atoms with Gasteiger partial charge in [-0.15, -0.1) is 11.3 Å². The van der Waals surface area contributed by atoms with E-state index in [9.17, 15) is 8.42 Å². The van der Waals surface area contributed by atoms with Crippen molar-refractivity contribution in [1.29, 1.82) is 0 Å². The number of hydrogen-bond acceptors (Lipinski definition) is 4. The van der Waals surface area contributed by atoms with Gasteiger partial charge in [0.05, 0.1) is 6.61 Å². The SMILES string of the molecule is Cc1cc(S(=O)(=O)NCCc2ccc(CO)cc2)sc1C. The molecule has 0 bridgehead atoms. The van der Waals surface area contributed by atoms with Gasteiger partial charge in [-0.05, 0) is 43.0 Å². The molecule has 0 fully saturated rings. The lowest BCUT2D eigenvalue weighted by Crippen LogP contribution is -2.25. The fraction of sp³-hybridized carbons (Fsp3) is 0.333. The Morgan fingerprint density at radius 3 is 2.29 bits per heavy atom. The average molecular weight is 325 g/mol. The Balaban J connectivity index is 1.95. The third kappa shape index (κ3) is 4.14. The first-order chi connectivity index (χ1) is 9.92. The van der Waals surface area contributed by atoms with Crippen LogP contribution in [0.3, 0.4) is 0 Å². The van der Waals surface area contributed by atoms with E-state index in [1.165, 1.54) is 11.3 Å². The van der Waals surface area contributed by atoms with Gasteiger partial charge in [-0.2, -0.15) is 0 Å². The maximum Gasteiger partial charge on any atom is 0.250 e. The molecule has 0 atom stereocenters. The fourth-order valence-corrected chi connectivity index (χ4v) is 4.48. The molecule has 2 aromatic rings. The van der Waals surface area contributed by atoms with Crippen LogP contribution >= 0.6 is 11.3 Å². The average Bonchev–Trinajstić information content (AvgIpc) is 2.80. The molecule has 0 unspecified atom stereocenters. The summed E-state index contributed by atoms with van der Waals surface area (Å²) >= 11 is 1.29. The normalized spacial score (nSPS) is 11.8. The van der Waals surface area contributed by atoms with Crippen LogP contribution in [0.5, 0.6) is 0 Å². The lowest BCUT2D eigenvalue weighted by molar-refractivity contribution is 0.282. The topological polar surface area (TPSA) is 66.4 Å². The van der Waals surface area contributed by atoms with E-state index in [-0.39, 0.29) is 6.61 Å². The summed E-state index contributed by atoms with van der Waals surface area (Å²) in [6, 6.07) is 9.20. The van der Waals surface area contributed by atoms with Gasteiger partial charge in [0, 0.05) is 11.4 Å². The van der Waals surface area contributed by atoms with Crippen LogP contribution in [0.2, 0.25) is 0 Å². The number of hydrogen-bond donors (Lipinski definition) is 2. The van der Waals surface area contributed by atoms with Crippen molar-refractivity contribution in [2.24, 2.45) is 0 Å². The Morgan fingerprint density at radius 2 is 1.76 bits per heavy atom. The van der Waals surface area contributed by atoms with Crippen LogP contribution in [-0.2, 0) is 23.1 Å². The number of aliphatic hydroxyl groups excluding tert-OH is 1. The van der Waals surface area contributed by atoms with E-state index in [1.54, 1.807) is 6.07 Å². The van der Waals surface area contributed by atoms with Crippen LogP contribution in [-0.4, -0.2) is 20.1 Å². The fourth-order valence-electron chi connectivity index (χ4n) is 1.88. The van der Waals surface area contributed by atoms with Crippen molar-refractivity contribution in [3.8, 4) is 0 Å². The van der Waals surface area contributed by atoms with Crippen molar-refractivity contribution in [2.45, 2.75) is 31.1 Å². The third-order valence-electron chi connectivity index (χ3n) is 3.32. The zero-order valence-electron chi connectivity index (χ0n) is 12.1. The summed E-state index contributed by atoms with van der Waals surface area (Å²) in [4.78, 5) is 1.02. The number of nitrogens with one attached hydrogen (secondary N) is 1. The Labute approximate surface area is 129 Å². The van der Waals surface area contributed by atoms with Crippen molar-refractivity contribution >= 4 is 21.4 Å². The standard InChI is InChI=1S/C15H19NO3S2/c1-11-9-15(20-12(11)2)21(18,19)16-8-7-13-3-5-14(10-17)6-4-13/h3-6,9,16-17H,7-8,10H2,1-2H3. The quantitative estimate of drug-likeness (QED) is 0.857. The van der Waals surface area contributed by atoms with Gasteiger partial charge in [-0.1, -0.05) is 24.3 Å². The van der Waals surface area contributed by atoms with E-state index in [1.807, 2.05) is 38.1 Å². The molecule has 0 aliphatic rings. The van der Waals surface area contributed by atoms with Crippen molar-refractivity contribution in [1.82, 2.24) is 4.72 Å². The molecule has 2 rings (SSSR count). The molecule has 0 saturated heterocycles. The second-order valence-corrected chi connectivity index (χ2v) is 8.18. The van der Waals surface area contributed by atoms with Crippen molar-refractivity contribution < 1.29 is 13.5 Å². The summed E-state index contributed by atoms with van der Waals surface area (Å²) in [7, 11) is -3.42. The van der Waals surface area contributed by atoms with Crippen molar-refractivity contribution in [3.05, 3.63) is 51.9 Å². The summed E-state index contributed by atoms with van der Waals surface area (Å²) in [6.45, 7) is 4.20. The van der Waals surface area contributed by atoms with E-state index in [0.717, 1.165) is 21.6 Å². The van der Waals surface area contributed by atoms with Gasteiger partial charge in [0.1, 0.15) is 4.21 Å². The predicted octanol–water partition coefficient (Wildman–Crippen LogP) is 2.38. The first-order valence-corrected chi connectivity index (χ1v) is 8.98. The molecule has 2 N–H and O–H groups in total. The molecule has 21 heavy (non-hydrogen) atoms. The highest BCUT2D eigenvalue weighted by atomic mass is 32.2. The van der Waals surface area contributed by atoms with E-state index in [4.69, 9.17) is 5.11 Å². The van der Waals surface area contributed by atoms with E-state index >= 15 is 0 Å². The second kappa shape index (κ2) is 6.70. The summed E-state index contributed by atoms with van der Waals surface area (Å²) in [5, 5.41) is 8.97. The van der Waals surface area contributed by atoms with Gasteiger partial charge >= 0.3 is 0 Å². The highest BCUT2D eigenvalue weighted by Crippen LogP contribution is 2.24. The molecule has 0 saturated carbocycles. The maximum absolute atomic E-state index is 12.2. The van der Waals surface area contributed by atoms with Gasteiger partial charge in [0.25, 0.3) is 0 Å². The van der Waals surface area contributed by atoms with Crippen LogP contribution in [0.1, 0.15) is 21.6 Å². The highest BCUT2D eigenvalue weighted by Gasteiger charge is 2.16. The Kier molecular flexibility index (Phi) is 5.16. The van der Waals surface area contributed by atoms with Crippen LogP contribution < -0.4 is 4.72 Å². The number of benzene rings is 1. The largest absolute Gasteiger partial charge is 0.392 e. The number of thiophene rings is 1. The maximum atomic E-state index is 12.2. The van der Waals surface area contributed by atoms with Crippen LogP contribution in [0.4, 0.5) is 0 Å². The van der Waals surface area contributed by atoms with Crippen molar-refractivity contribution in [3.63, 3.8) is 0 Å². The van der Waals surface area contributed by atoms with Gasteiger partial charge in [0.15, 0.2) is 0 Å². The Hall–Kier alpha value is -1.21. The van der Waals surface area contributed by atoms with Gasteiger partial charge < -0.3 is 5.11 Å². The van der Waals surface area contributed by atoms with Crippen LogP contribution in [0, 0.1) is 13.8 Å². The molecule has 1 aromatic heterocycles. The summed E-state index contributed by atoms with van der Waals surface area (Å²) in [6.07, 6.45) is 0.619.